The van der Waals surface area contributed by atoms with Crippen molar-refractivity contribution in [2.45, 2.75) is 19.0 Å². The van der Waals surface area contributed by atoms with Gasteiger partial charge >= 0.3 is 0 Å². The molecule has 0 saturated heterocycles. The van der Waals surface area contributed by atoms with Crippen LogP contribution in [0.25, 0.3) is 16.6 Å². The number of amides is 1. The van der Waals surface area contributed by atoms with E-state index in [1.54, 1.807) is 16.2 Å². The molecule has 0 saturated carbocycles. The first kappa shape index (κ1) is 16.5. The first-order valence-corrected chi connectivity index (χ1v) is 9.05. The zero-order valence-corrected chi connectivity index (χ0v) is 15.4. The topological polar surface area (TPSA) is 90.0 Å². The molecule has 1 N–H and O–H groups in total. The first-order valence-electron chi connectivity index (χ1n) is 8.06. The normalized spacial score (nSPS) is 11.3. The summed E-state index contributed by atoms with van der Waals surface area (Å²) in [5.74, 6) is 1.42. The zero-order chi connectivity index (χ0) is 18.3. The number of carbonyl (C=O) groups excluding carboxylic acids is 1. The van der Waals surface area contributed by atoms with E-state index in [-0.39, 0.29) is 11.7 Å². The molecule has 0 fully saturated rings. The third-order valence-corrected chi connectivity index (χ3v) is 4.79. The van der Waals surface area contributed by atoms with Crippen molar-refractivity contribution in [1.82, 2.24) is 29.4 Å². The summed E-state index contributed by atoms with van der Waals surface area (Å²) in [6, 6.07) is 9.61. The Bertz CT molecular complexity index is 1130. The average molecular weight is 367 g/mol. The van der Waals surface area contributed by atoms with Crippen LogP contribution in [0.5, 0.6) is 0 Å². The highest BCUT2D eigenvalue weighted by Gasteiger charge is 2.14. The van der Waals surface area contributed by atoms with E-state index in [9.17, 15) is 4.79 Å². The molecule has 26 heavy (non-hydrogen) atoms. The van der Waals surface area contributed by atoms with Gasteiger partial charge in [-0.25, -0.2) is 9.97 Å². The third kappa shape index (κ3) is 3.01. The van der Waals surface area contributed by atoms with Crippen LogP contribution < -0.4 is 5.32 Å². The van der Waals surface area contributed by atoms with Crippen molar-refractivity contribution in [3.05, 3.63) is 41.9 Å². The average Bonchev–Trinajstić information content (AvgIpc) is 3.14. The molecule has 1 amide bonds. The summed E-state index contributed by atoms with van der Waals surface area (Å²) in [4.78, 5) is 21.4. The largest absolute Gasteiger partial charge is 0.310 e. The Morgan fingerprint density at radius 3 is 2.77 bits per heavy atom. The van der Waals surface area contributed by atoms with Crippen LogP contribution in [0.3, 0.4) is 0 Å². The van der Waals surface area contributed by atoms with Gasteiger partial charge in [0.2, 0.25) is 5.91 Å². The maximum atomic E-state index is 12.3. The highest BCUT2D eigenvalue weighted by molar-refractivity contribution is 7.99. The van der Waals surface area contributed by atoms with Crippen molar-refractivity contribution in [2.75, 3.05) is 11.1 Å². The Hall–Kier alpha value is -2.94. The minimum Gasteiger partial charge on any atom is -0.310 e. The maximum absolute atomic E-state index is 12.3. The molecule has 0 radical (unpaired) electrons. The molecular weight excluding hydrogens is 350 g/mol. The van der Waals surface area contributed by atoms with E-state index in [0.717, 1.165) is 22.2 Å². The van der Waals surface area contributed by atoms with Gasteiger partial charge in [-0.3, -0.25) is 9.48 Å². The van der Waals surface area contributed by atoms with E-state index < -0.39 is 0 Å². The summed E-state index contributed by atoms with van der Waals surface area (Å²) in [5.41, 5.74) is 2.43. The molecule has 4 aromatic rings. The lowest BCUT2D eigenvalue weighted by Gasteiger charge is -2.07. The number of fused-ring (bicyclic) bond motifs is 3. The van der Waals surface area contributed by atoms with Crippen molar-refractivity contribution in [1.29, 1.82) is 0 Å². The van der Waals surface area contributed by atoms with Gasteiger partial charge < -0.3 is 5.32 Å². The molecule has 4 rings (SSSR count). The van der Waals surface area contributed by atoms with Crippen molar-refractivity contribution in [3.63, 3.8) is 0 Å². The molecule has 0 bridgehead atoms. The predicted octanol–water partition coefficient (Wildman–Crippen LogP) is 2.36. The quantitative estimate of drug-likeness (QED) is 0.440. The second-order valence-electron chi connectivity index (χ2n) is 5.94. The van der Waals surface area contributed by atoms with Crippen LogP contribution in [0, 0.1) is 13.8 Å². The molecule has 132 valence electrons. The maximum Gasteiger partial charge on any atom is 0.235 e. The molecule has 9 heteroatoms. The Balaban J connectivity index is 1.60. The van der Waals surface area contributed by atoms with E-state index in [2.05, 4.69) is 25.5 Å². The van der Waals surface area contributed by atoms with Gasteiger partial charge in [-0.1, -0.05) is 23.9 Å². The third-order valence-electron chi connectivity index (χ3n) is 3.86. The summed E-state index contributed by atoms with van der Waals surface area (Å²) in [7, 11) is 1.79. The van der Waals surface area contributed by atoms with Crippen LogP contribution in [-0.4, -0.2) is 41.0 Å². The molecular formula is C17H17N7OS. The molecule has 3 heterocycles. The zero-order valence-electron chi connectivity index (χ0n) is 14.6. The van der Waals surface area contributed by atoms with Gasteiger partial charge in [-0.2, -0.15) is 9.61 Å². The summed E-state index contributed by atoms with van der Waals surface area (Å²) < 4.78 is 3.34. The predicted molar refractivity (Wildman–Crippen MR) is 100 cm³/mol. The molecule has 0 unspecified atom stereocenters. The first-order chi connectivity index (χ1) is 12.5. The molecule has 1 aromatic carbocycles. The number of para-hydroxylation sites is 1. The van der Waals surface area contributed by atoms with Crippen LogP contribution in [-0.2, 0) is 11.8 Å². The van der Waals surface area contributed by atoms with E-state index in [0.29, 0.717) is 16.8 Å². The number of hydrogen-bond donors (Lipinski definition) is 1. The van der Waals surface area contributed by atoms with Crippen LogP contribution in [0.1, 0.15) is 11.5 Å². The number of aryl methyl sites for hydroxylation is 3. The van der Waals surface area contributed by atoms with E-state index >= 15 is 0 Å². The minimum atomic E-state index is -0.127. The number of nitrogens with one attached hydrogen (secondary N) is 1. The summed E-state index contributed by atoms with van der Waals surface area (Å²) in [6.45, 7) is 3.72. The van der Waals surface area contributed by atoms with Gasteiger partial charge in [-0.05, 0) is 26.0 Å². The molecule has 0 atom stereocenters. The van der Waals surface area contributed by atoms with Crippen molar-refractivity contribution < 1.29 is 4.79 Å². The second-order valence-corrected chi connectivity index (χ2v) is 6.88. The highest BCUT2D eigenvalue weighted by atomic mass is 32.2. The summed E-state index contributed by atoms with van der Waals surface area (Å²) in [6.07, 6.45) is 0. The van der Waals surface area contributed by atoms with Crippen molar-refractivity contribution >= 4 is 40.0 Å². The van der Waals surface area contributed by atoms with Gasteiger partial charge in [-0.15, -0.1) is 5.10 Å². The number of thioether (sulfide) groups is 1. The molecule has 3 aromatic heterocycles. The molecule has 0 aliphatic heterocycles. The van der Waals surface area contributed by atoms with Crippen LogP contribution >= 0.6 is 11.8 Å². The Morgan fingerprint density at radius 2 is 2.00 bits per heavy atom. The smallest absolute Gasteiger partial charge is 0.235 e. The van der Waals surface area contributed by atoms with Crippen molar-refractivity contribution in [2.24, 2.45) is 7.05 Å². The van der Waals surface area contributed by atoms with Gasteiger partial charge in [0.1, 0.15) is 11.6 Å². The van der Waals surface area contributed by atoms with Gasteiger partial charge in [0.15, 0.2) is 10.8 Å². The van der Waals surface area contributed by atoms with E-state index in [1.807, 2.05) is 44.2 Å². The lowest BCUT2D eigenvalue weighted by molar-refractivity contribution is -0.113. The van der Waals surface area contributed by atoms with E-state index in [4.69, 9.17) is 0 Å². The number of hydrogen-bond acceptors (Lipinski definition) is 6. The van der Waals surface area contributed by atoms with Gasteiger partial charge in [0.25, 0.3) is 0 Å². The standard InChI is InChI=1S/C17H17N7OS/c1-10-8-14(23(3)21-10)20-15(25)9-26-17-19-13-7-5-4-6-12(13)16-18-11(2)22-24(16)17/h4-8H,9H2,1-3H3,(H,20,25). The molecule has 8 nitrogen and oxygen atoms in total. The van der Waals surface area contributed by atoms with E-state index in [1.165, 1.54) is 11.8 Å². The lowest BCUT2D eigenvalue weighted by Crippen LogP contribution is -2.17. The monoisotopic (exact) mass is 367 g/mol. The highest BCUT2D eigenvalue weighted by Crippen LogP contribution is 2.24. The number of anilines is 1. The summed E-state index contributed by atoms with van der Waals surface area (Å²) >= 11 is 1.33. The molecule has 0 aliphatic carbocycles. The Kier molecular flexibility index (Phi) is 4.08. The fourth-order valence-corrected chi connectivity index (χ4v) is 3.51. The number of aromatic nitrogens is 6. The second kappa shape index (κ2) is 6.41. The Labute approximate surface area is 153 Å². The Morgan fingerprint density at radius 1 is 1.19 bits per heavy atom. The number of nitrogens with zero attached hydrogens (tertiary/aromatic N) is 6. The van der Waals surface area contributed by atoms with Crippen LogP contribution in [0.2, 0.25) is 0 Å². The minimum absolute atomic E-state index is 0.127. The fraction of sp³-hybridized carbons (Fsp3) is 0.235. The number of benzene rings is 1. The SMILES string of the molecule is Cc1cc(NC(=O)CSc2nc3ccccc3c3nc(C)nn23)n(C)n1. The van der Waals surface area contributed by atoms with Gasteiger partial charge in [0, 0.05) is 18.5 Å². The fourth-order valence-electron chi connectivity index (χ4n) is 2.76. The van der Waals surface area contributed by atoms with Gasteiger partial charge in [0.05, 0.1) is 17.0 Å². The van der Waals surface area contributed by atoms with Crippen LogP contribution in [0.15, 0.2) is 35.5 Å². The summed E-state index contributed by atoms with van der Waals surface area (Å²) in [5, 5.41) is 13.1. The molecule has 0 aliphatic rings. The number of rotatable bonds is 4. The lowest BCUT2D eigenvalue weighted by atomic mass is 10.2. The number of carbonyl (C=O) groups is 1. The van der Waals surface area contributed by atoms with Crippen molar-refractivity contribution in [3.8, 4) is 0 Å². The molecule has 0 spiro atoms. The van der Waals surface area contributed by atoms with Crippen LogP contribution in [0.4, 0.5) is 5.82 Å².